The molecule has 2 aliphatic carbocycles. The molecule has 4 unspecified atom stereocenters. The number of anilines is 1. The molecule has 154 valence electrons. The molecule has 5 nitrogen and oxygen atoms in total. The zero-order valence-corrected chi connectivity index (χ0v) is 17.7. The fourth-order valence-corrected chi connectivity index (χ4v) is 6.21. The third-order valence-electron chi connectivity index (χ3n) is 6.69. The van der Waals surface area contributed by atoms with Gasteiger partial charge in [-0.2, -0.15) is 0 Å². The average Bonchev–Trinajstić information content (AvgIpc) is 3.37. The highest BCUT2D eigenvalue weighted by atomic mass is 32.2. The predicted molar refractivity (Wildman–Crippen MR) is 114 cm³/mol. The van der Waals surface area contributed by atoms with Crippen LogP contribution in [0.5, 0.6) is 0 Å². The molecular formula is C23H28N2O3S. The maximum absolute atomic E-state index is 12.9. The molecule has 0 radical (unpaired) electrons. The van der Waals surface area contributed by atoms with Crippen molar-refractivity contribution >= 4 is 21.6 Å². The highest BCUT2D eigenvalue weighted by Gasteiger charge is 2.42. The van der Waals surface area contributed by atoms with E-state index in [9.17, 15) is 13.2 Å². The second kappa shape index (κ2) is 7.82. The number of sulfonamides is 1. The van der Waals surface area contributed by atoms with Crippen LogP contribution >= 0.6 is 0 Å². The van der Waals surface area contributed by atoms with Gasteiger partial charge in [-0.1, -0.05) is 24.6 Å². The van der Waals surface area contributed by atoms with Gasteiger partial charge in [0.1, 0.15) is 0 Å². The number of hydrogen-bond acceptors (Lipinski definition) is 3. The molecule has 2 aromatic carbocycles. The number of nitrogens with one attached hydrogen (secondary N) is 1. The molecule has 4 atom stereocenters. The highest BCUT2D eigenvalue weighted by Crippen LogP contribution is 2.49. The average molecular weight is 413 g/mol. The largest absolute Gasteiger partial charge is 0.349 e. The number of para-hydroxylation sites is 1. The van der Waals surface area contributed by atoms with Crippen LogP contribution in [-0.2, 0) is 10.0 Å². The summed E-state index contributed by atoms with van der Waals surface area (Å²) in [4.78, 5) is 12.8. The Kier molecular flexibility index (Phi) is 5.38. The molecule has 2 fully saturated rings. The molecular weight excluding hydrogens is 384 g/mol. The summed E-state index contributed by atoms with van der Waals surface area (Å²) in [5, 5.41) is 3.13. The lowest BCUT2D eigenvalue weighted by atomic mass is 9.84. The number of nitrogens with zero attached hydrogens (tertiary/aromatic N) is 1. The number of rotatable bonds is 6. The monoisotopic (exact) mass is 412 g/mol. The van der Waals surface area contributed by atoms with Crippen molar-refractivity contribution in [1.82, 2.24) is 5.32 Å². The van der Waals surface area contributed by atoms with Gasteiger partial charge in [0.25, 0.3) is 15.9 Å². The molecule has 1 amide bonds. The van der Waals surface area contributed by atoms with E-state index in [4.69, 9.17) is 0 Å². The third kappa shape index (κ3) is 3.90. The van der Waals surface area contributed by atoms with Crippen LogP contribution in [-0.4, -0.2) is 27.4 Å². The van der Waals surface area contributed by atoms with Gasteiger partial charge < -0.3 is 5.32 Å². The van der Waals surface area contributed by atoms with Crippen molar-refractivity contribution in [3.63, 3.8) is 0 Å². The Hall–Kier alpha value is -2.34. The SMILES string of the molecule is CC(NC(=O)c1ccc(S(=O)(=O)N(C)c2ccccc2)cc1)C1CC2CCC1C2. The Morgan fingerprint density at radius 2 is 1.72 bits per heavy atom. The maximum Gasteiger partial charge on any atom is 0.264 e. The first-order valence-electron chi connectivity index (χ1n) is 10.3. The Balaban J connectivity index is 1.44. The van der Waals surface area contributed by atoms with E-state index < -0.39 is 10.0 Å². The molecule has 0 aliphatic heterocycles. The van der Waals surface area contributed by atoms with Crippen LogP contribution in [0.4, 0.5) is 5.69 Å². The Morgan fingerprint density at radius 1 is 1.03 bits per heavy atom. The number of benzene rings is 2. The number of amides is 1. The summed E-state index contributed by atoms with van der Waals surface area (Å²) in [5.41, 5.74) is 1.08. The van der Waals surface area contributed by atoms with Crippen LogP contribution in [0.2, 0.25) is 0 Å². The minimum absolute atomic E-state index is 0.138. The second-order valence-electron chi connectivity index (χ2n) is 8.43. The van der Waals surface area contributed by atoms with E-state index in [0.29, 0.717) is 17.2 Å². The van der Waals surface area contributed by atoms with Gasteiger partial charge in [-0.15, -0.1) is 0 Å². The summed E-state index contributed by atoms with van der Waals surface area (Å²) in [7, 11) is -2.14. The molecule has 2 aliphatic rings. The van der Waals surface area contributed by atoms with Gasteiger partial charge in [-0.3, -0.25) is 9.10 Å². The van der Waals surface area contributed by atoms with E-state index >= 15 is 0 Å². The zero-order chi connectivity index (χ0) is 20.6. The molecule has 2 saturated carbocycles. The van der Waals surface area contributed by atoms with Crippen molar-refractivity contribution in [2.24, 2.45) is 17.8 Å². The van der Waals surface area contributed by atoms with Crippen LogP contribution in [0.25, 0.3) is 0 Å². The van der Waals surface area contributed by atoms with Crippen molar-refractivity contribution in [2.75, 3.05) is 11.4 Å². The minimum Gasteiger partial charge on any atom is -0.349 e. The van der Waals surface area contributed by atoms with E-state index in [1.54, 1.807) is 36.4 Å². The number of fused-ring (bicyclic) bond motifs is 2. The van der Waals surface area contributed by atoms with Gasteiger partial charge >= 0.3 is 0 Å². The van der Waals surface area contributed by atoms with Gasteiger partial charge in [0.15, 0.2) is 0 Å². The molecule has 4 rings (SSSR count). The van der Waals surface area contributed by atoms with Gasteiger partial charge in [0, 0.05) is 18.7 Å². The summed E-state index contributed by atoms with van der Waals surface area (Å²) in [6, 6.07) is 15.3. The van der Waals surface area contributed by atoms with Crippen molar-refractivity contribution in [2.45, 2.75) is 43.5 Å². The van der Waals surface area contributed by atoms with Crippen molar-refractivity contribution in [3.05, 3.63) is 60.2 Å². The van der Waals surface area contributed by atoms with E-state index in [-0.39, 0.29) is 16.8 Å². The highest BCUT2D eigenvalue weighted by molar-refractivity contribution is 7.92. The van der Waals surface area contributed by atoms with Crippen LogP contribution in [0.15, 0.2) is 59.5 Å². The van der Waals surface area contributed by atoms with Gasteiger partial charge in [0.05, 0.1) is 10.6 Å². The molecule has 1 N–H and O–H groups in total. The Bertz CT molecular complexity index is 973. The number of carbonyl (C=O) groups excluding carboxylic acids is 1. The topological polar surface area (TPSA) is 66.5 Å². The molecule has 0 aromatic heterocycles. The van der Waals surface area contributed by atoms with Gasteiger partial charge in [0.2, 0.25) is 0 Å². The molecule has 0 heterocycles. The van der Waals surface area contributed by atoms with Gasteiger partial charge in [-0.25, -0.2) is 8.42 Å². The first-order valence-corrected chi connectivity index (χ1v) is 11.7. The summed E-state index contributed by atoms with van der Waals surface area (Å²) in [5.74, 6) is 2.02. The summed E-state index contributed by atoms with van der Waals surface area (Å²) < 4.78 is 27.0. The number of hydrogen-bond donors (Lipinski definition) is 1. The quantitative estimate of drug-likeness (QED) is 0.778. The molecule has 2 aromatic rings. The van der Waals surface area contributed by atoms with Crippen LogP contribution in [0.1, 0.15) is 43.0 Å². The molecule has 29 heavy (non-hydrogen) atoms. The van der Waals surface area contributed by atoms with E-state index in [2.05, 4.69) is 12.2 Å². The smallest absolute Gasteiger partial charge is 0.264 e. The normalized spacial score (nSPS) is 24.3. The van der Waals surface area contributed by atoms with Crippen molar-refractivity contribution < 1.29 is 13.2 Å². The van der Waals surface area contributed by atoms with E-state index in [1.807, 2.05) is 6.07 Å². The third-order valence-corrected chi connectivity index (χ3v) is 8.49. The lowest BCUT2D eigenvalue weighted by molar-refractivity contribution is 0.0915. The predicted octanol–water partition coefficient (Wildman–Crippen LogP) is 4.07. The van der Waals surface area contributed by atoms with E-state index in [1.165, 1.54) is 49.2 Å². The summed E-state index contributed by atoms with van der Waals surface area (Å²) in [6.07, 6.45) is 5.16. The van der Waals surface area contributed by atoms with Crippen LogP contribution in [0.3, 0.4) is 0 Å². The molecule has 6 heteroatoms. The molecule has 0 spiro atoms. The fraction of sp³-hybridized carbons (Fsp3) is 0.435. The maximum atomic E-state index is 12.9. The van der Waals surface area contributed by atoms with Crippen molar-refractivity contribution in [3.8, 4) is 0 Å². The van der Waals surface area contributed by atoms with E-state index in [0.717, 1.165) is 11.8 Å². The lowest BCUT2D eigenvalue weighted by Crippen LogP contribution is -2.40. The van der Waals surface area contributed by atoms with Crippen LogP contribution in [0, 0.1) is 17.8 Å². The van der Waals surface area contributed by atoms with Gasteiger partial charge in [-0.05, 0) is 80.3 Å². The lowest BCUT2D eigenvalue weighted by Gasteiger charge is -2.28. The first-order chi connectivity index (χ1) is 13.9. The van der Waals surface area contributed by atoms with Crippen molar-refractivity contribution in [1.29, 1.82) is 0 Å². The Morgan fingerprint density at radius 3 is 2.31 bits per heavy atom. The zero-order valence-electron chi connectivity index (χ0n) is 16.9. The summed E-state index contributed by atoms with van der Waals surface area (Å²) in [6.45, 7) is 2.09. The number of carbonyl (C=O) groups is 1. The Labute approximate surface area is 173 Å². The summed E-state index contributed by atoms with van der Waals surface area (Å²) >= 11 is 0. The molecule has 2 bridgehead atoms. The minimum atomic E-state index is -3.67. The fourth-order valence-electron chi connectivity index (χ4n) is 5.02. The standard InChI is InChI=1S/C23H28N2O3S/c1-16(22-15-17-8-9-19(22)14-17)24-23(26)18-10-12-21(13-11-18)29(27,28)25(2)20-6-4-3-5-7-20/h3-7,10-13,16-17,19,22H,8-9,14-15H2,1-2H3,(H,24,26). The second-order valence-corrected chi connectivity index (χ2v) is 10.4. The first kappa shape index (κ1) is 20.0. The van der Waals surface area contributed by atoms with Crippen LogP contribution < -0.4 is 9.62 Å². The molecule has 0 saturated heterocycles.